The minimum absolute atomic E-state index is 0.0481. The van der Waals surface area contributed by atoms with Crippen LogP contribution in [0.1, 0.15) is 56.7 Å². The maximum Gasteiger partial charge on any atom is 0.267 e. The fourth-order valence-electron chi connectivity index (χ4n) is 2.47. The molecule has 0 heterocycles. The normalized spacial score (nSPS) is 10.5. The second kappa shape index (κ2) is 7.22. The molecule has 0 unspecified atom stereocenters. The third-order valence-corrected chi connectivity index (χ3v) is 3.25. The van der Waals surface area contributed by atoms with E-state index in [0.29, 0.717) is 5.39 Å². The molecule has 0 aliphatic rings. The lowest BCUT2D eigenvalue weighted by atomic mass is 9.88. The fourth-order valence-corrected chi connectivity index (χ4v) is 2.47. The van der Waals surface area contributed by atoms with Crippen molar-refractivity contribution in [2.45, 2.75) is 40.0 Å². The van der Waals surface area contributed by atoms with Crippen molar-refractivity contribution in [2.24, 2.45) is 0 Å². The van der Waals surface area contributed by atoms with Crippen LogP contribution in [0.5, 0.6) is 5.75 Å². The number of hydrogen-bond donors (Lipinski definition) is 1. The molecule has 0 radical (unpaired) electrons. The predicted octanol–water partition coefficient (Wildman–Crippen LogP) is 5.75. The predicted molar refractivity (Wildman–Crippen MR) is 83.9 cm³/mol. The van der Waals surface area contributed by atoms with Gasteiger partial charge in [0.05, 0.1) is 11.1 Å². The smallest absolute Gasteiger partial charge is 0.267 e. The Kier molecular flexibility index (Phi) is 5.87. The van der Waals surface area contributed by atoms with Crippen molar-refractivity contribution in [1.82, 2.24) is 0 Å². The van der Waals surface area contributed by atoms with Crippen molar-refractivity contribution in [3.05, 3.63) is 40.7 Å². The molecule has 118 valence electrons. The molecule has 2 aromatic rings. The van der Waals surface area contributed by atoms with E-state index in [1.807, 2.05) is 13.8 Å². The van der Waals surface area contributed by atoms with E-state index >= 15 is 0 Å². The summed E-state index contributed by atoms with van der Waals surface area (Å²) < 4.78 is 40.2. The summed E-state index contributed by atoms with van der Waals surface area (Å²) in [5.74, 6) is 0.760. The first kappa shape index (κ1) is 17.9. The maximum atomic E-state index is 13.8. The fraction of sp³-hybridized carbons (Fsp3) is 0.333. The molecule has 1 nitrogen and oxygen atoms in total. The molecule has 0 saturated carbocycles. The minimum atomic E-state index is -2.86. The molecule has 0 saturated heterocycles. The zero-order valence-electron chi connectivity index (χ0n) is 13.0. The molecule has 0 fully saturated rings. The number of hydrogen-bond acceptors (Lipinski definition) is 1. The Bertz CT molecular complexity index is 713. The van der Waals surface area contributed by atoms with Gasteiger partial charge in [0.15, 0.2) is 0 Å². The molecule has 0 bridgehead atoms. The third-order valence-electron chi connectivity index (χ3n) is 3.25. The number of aromatic hydroxyl groups is 1. The van der Waals surface area contributed by atoms with Crippen molar-refractivity contribution in [2.75, 3.05) is 0 Å². The lowest BCUT2D eigenvalue weighted by Crippen LogP contribution is -2.02. The Morgan fingerprint density at radius 3 is 2.18 bits per heavy atom. The highest BCUT2D eigenvalue weighted by Gasteiger charge is 2.24. The Morgan fingerprint density at radius 2 is 1.73 bits per heavy atom. The highest BCUT2D eigenvalue weighted by molar-refractivity contribution is 5.94. The number of phenols is 1. The van der Waals surface area contributed by atoms with Gasteiger partial charge in [0.1, 0.15) is 11.6 Å². The lowest BCUT2D eigenvalue weighted by Gasteiger charge is -2.18. The van der Waals surface area contributed by atoms with E-state index in [9.17, 15) is 18.3 Å². The standard InChI is InChI=1S/C16H13F3O.C2H6/c1-4-10-11(17)6-5-9-7-12(20)15(16(18)19)13(8(2)3)14(9)10;1-2/h1,5-8,16,20H,2-3H3;1-2H3. The van der Waals surface area contributed by atoms with Crippen molar-refractivity contribution in [1.29, 1.82) is 0 Å². The summed E-state index contributed by atoms with van der Waals surface area (Å²) in [7, 11) is 0. The van der Waals surface area contributed by atoms with Crippen molar-refractivity contribution in [3.8, 4) is 18.1 Å². The van der Waals surface area contributed by atoms with Crippen LogP contribution in [-0.2, 0) is 0 Å². The molecule has 0 aliphatic heterocycles. The molecule has 0 spiro atoms. The van der Waals surface area contributed by atoms with Crippen LogP contribution in [0.25, 0.3) is 10.8 Å². The van der Waals surface area contributed by atoms with Crippen LogP contribution < -0.4 is 0 Å². The number of alkyl halides is 2. The SMILES string of the molecule is C#Cc1c(F)ccc2cc(O)c(C(F)F)c(C(C)C)c12.CC. The van der Waals surface area contributed by atoms with E-state index in [1.54, 1.807) is 13.8 Å². The largest absolute Gasteiger partial charge is 0.507 e. The molecular formula is C18H19F3O. The average Bonchev–Trinajstić information content (AvgIpc) is 2.47. The van der Waals surface area contributed by atoms with Gasteiger partial charge in [0.2, 0.25) is 0 Å². The molecule has 0 amide bonds. The van der Waals surface area contributed by atoms with Crippen LogP contribution in [0.2, 0.25) is 0 Å². The number of terminal acetylenes is 1. The van der Waals surface area contributed by atoms with Crippen LogP contribution in [0, 0.1) is 18.2 Å². The summed E-state index contributed by atoms with van der Waals surface area (Å²) >= 11 is 0. The summed E-state index contributed by atoms with van der Waals surface area (Å²) in [6, 6.07) is 3.79. The number of halogens is 3. The quantitative estimate of drug-likeness (QED) is 0.700. The summed E-state index contributed by atoms with van der Waals surface area (Å²) in [4.78, 5) is 0. The summed E-state index contributed by atoms with van der Waals surface area (Å²) in [6.07, 6.45) is 2.45. The molecule has 2 aromatic carbocycles. The molecule has 0 aliphatic carbocycles. The lowest BCUT2D eigenvalue weighted by molar-refractivity contribution is 0.146. The van der Waals surface area contributed by atoms with Gasteiger partial charge in [-0.3, -0.25) is 0 Å². The van der Waals surface area contributed by atoms with E-state index in [0.717, 1.165) is 0 Å². The van der Waals surface area contributed by atoms with Crippen molar-refractivity contribution >= 4 is 10.8 Å². The monoisotopic (exact) mass is 308 g/mol. The van der Waals surface area contributed by atoms with E-state index < -0.39 is 23.6 Å². The number of fused-ring (bicyclic) bond motifs is 1. The Morgan fingerprint density at radius 1 is 1.14 bits per heavy atom. The van der Waals surface area contributed by atoms with E-state index in [1.165, 1.54) is 18.2 Å². The van der Waals surface area contributed by atoms with Gasteiger partial charge in [0, 0.05) is 5.39 Å². The van der Waals surface area contributed by atoms with E-state index in [4.69, 9.17) is 6.42 Å². The minimum Gasteiger partial charge on any atom is -0.507 e. The Labute approximate surface area is 128 Å². The van der Waals surface area contributed by atoms with Crippen LogP contribution >= 0.6 is 0 Å². The van der Waals surface area contributed by atoms with Crippen molar-refractivity contribution in [3.63, 3.8) is 0 Å². The molecule has 22 heavy (non-hydrogen) atoms. The first-order valence-corrected chi connectivity index (χ1v) is 7.11. The highest BCUT2D eigenvalue weighted by Crippen LogP contribution is 2.41. The second-order valence-electron chi connectivity index (χ2n) is 4.84. The Hall–Kier alpha value is -2.15. The van der Waals surface area contributed by atoms with Gasteiger partial charge in [-0.25, -0.2) is 13.2 Å². The average molecular weight is 308 g/mol. The van der Waals surface area contributed by atoms with Gasteiger partial charge in [-0.05, 0) is 29.0 Å². The molecule has 0 aromatic heterocycles. The second-order valence-corrected chi connectivity index (χ2v) is 4.84. The molecule has 2 rings (SSSR count). The van der Waals surface area contributed by atoms with Crippen LogP contribution in [-0.4, -0.2) is 5.11 Å². The van der Waals surface area contributed by atoms with E-state index in [-0.39, 0.29) is 22.4 Å². The van der Waals surface area contributed by atoms with Gasteiger partial charge in [-0.2, -0.15) is 0 Å². The summed E-state index contributed by atoms with van der Waals surface area (Å²) in [5, 5.41) is 10.5. The third kappa shape index (κ3) is 3.04. The van der Waals surface area contributed by atoms with Gasteiger partial charge in [-0.1, -0.05) is 39.7 Å². The van der Waals surface area contributed by atoms with Gasteiger partial charge in [0.25, 0.3) is 6.43 Å². The topological polar surface area (TPSA) is 20.2 Å². The summed E-state index contributed by atoms with van der Waals surface area (Å²) in [6.45, 7) is 7.40. The van der Waals surface area contributed by atoms with Crippen molar-refractivity contribution < 1.29 is 18.3 Å². The molecular weight excluding hydrogens is 289 g/mol. The zero-order chi connectivity index (χ0) is 17.0. The van der Waals surface area contributed by atoms with Gasteiger partial charge >= 0.3 is 0 Å². The first-order valence-electron chi connectivity index (χ1n) is 7.11. The molecule has 1 N–H and O–H groups in total. The van der Waals surface area contributed by atoms with Gasteiger partial charge in [-0.15, -0.1) is 6.42 Å². The number of benzene rings is 2. The number of rotatable bonds is 2. The highest BCUT2D eigenvalue weighted by atomic mass is 19.3. The Balaban J connectivity index is 0.00000116. The zero-order valence-corrected chi connectivity index (χ0v) is 13.0. The first-order chi connectivity index (χ1) is 10.4. The van der Waals surface area contributed by atoms with Crippen LogP contribution in [0.15, 0.2) is 18.2 Å². The molecule has 0 atom stereocenters. The van der Waals surface area contributed by atoms with Gasteiger partial charge < -0.3 is 5.11 Å². The van der Waals surface area contributed by atoms with Crippen LogP contribution in [0.3, 0.4) is 0 Å². The maximum absolute atomic E-state index is 13.8. The van der Waals surface area contributed by atoms with Crippen LogP contribution in [0.4, 0.5) is 13.2 Å². The molecule has 4 heteroatoms. The number of phenolic OH excluding ortho intramolecular Hbond substituents is 1. The van der Waals surface area contributed by atoms with E-state index in [2.05, 4.69) is 5.92 Å². The summed E-state index contributed by atoms with van der Waals surface area (Å²) in [5.41, 5.74) is -0.329.